The summed E-state index contributed by atoms with van der Waals surface area (Å²) in [5, 5.41) is 9.30. The van der Waals surface area contributed by atoms with Crippen LogP contribution in [0.5, 0.6) is 5.75 Å². The van der Waals surface area contributed by atoms with Gasteiger partial charge in [0, 0.05) is 0 Å². The van der Waals surface area contributed by atoms with E-state index >= 15 is 0 Å². The van der Waals surface area contributed by atoms with E-state index in [1.54, 1.807) is 6.26 Å². The van der Waals surface area contributed by atoms with Gasteiger partial charge in [0.25, 0.3) is 0 Å². The summed E-state index contributed by atoms with van der Waals surface area (Å²) in [5.74, 6) is 0.710. The van der Waals surface area contributed by atoms with Crippen LogP contribution in [0.1, 0.15) is 35.8 Å². The number of hydrogen-bond acceptors (Lipinski definition) is 4. The number of carbonyl (C=O) groups is 1. The first kappa shape index (κ1) is 19.3. The van der Waals surface area contributed by atoms with Crippen LogP contribution in [0.2, 0.25) is 0 Å². The molecule has 0 aliphatic carbocycles. The van der Waals surface area contributed by atoms with Crippen molar-refractivity contribution in [1.82, 2.24) is 4.90 Å². The Hall–Kier alpha value is -3.05. The van der Waals surface area contributed by atoms with Crippen LogP contribution in [-0.4, -0.2) is 29.1 Å². The summed E-state index contributed by atoms with van der Waals surface area (Å²) < 4.78 is 11.8. The van der Waals surface area contributed by atoms with Crippen LogP contribution in [0.15, 0.2) is 77.4 Å². The summed E-state index contributed by atoms with van der Waals surface area (Å²) in [6.45, 7) is 1.95. The number of furan rings is 1. The lowest BCUT2D eigenvalue weighted by Gasteiger charge is -2.35. The molecule has 0 radical (unpaired) electrons. The second kappa shape index (κ2) is 8.97. The van der Waals surface area contributed by atoms with Crippen molar-refractivity contribution in [3.8, 4) is 5.75 Å². The predicted octanol–water partition coefficient (Wildman–Crippen LogP) is 4.74. The zero-order valence-corrected chi connectivity index (χ0v) is 16.2. The molecule has 2 heterocycles. The molecule has 1 aromatic heterocycles. The molecule has 4 rings (SSSR count). The zero-order valence-electron chi connectivity index (χ0n) is 16.2. The van der Waals surface area contributed by atoms with E-state index in [0.29, 0.717) is 19.4 Å². The second-order valence-electron chi connectivity index (χ2n) is 7.41. The zero-order chi connectivity index (χ0) is 20.1. The third kappa shape index (κ3) is 4.69. The molecule has 1 atom stereocenters. The minimum Gasteiger partial charge on any atom is -0.489 e. The van der Waals surface area contributed by atoms with Crippen LogP contribution in [0, 0.1) is 5.92 Å². The maximum atomic E-state index is 11.3. The summed E-state index contributed by atoms with van der Waals surface area (Å²) >= 11 is 0. The van der Waals surface area contributed by atoms with Crippen LogP contribution in [0.3, 0.4) is 0 Å². The van der Waals surface area contributed by atoms with Crippen molar-refractivity contribution >= 4 is 5.97 Å². The van der Waals surface area contributed by atoms with Crippen molar-refractivity contribution in [2.45, 2.75) is 25.5 Å². The summed E-state index contributed by atoms with van der Waals surface area (Å²) in [4.78, 5) is 13.6. The average Bonchev–Trinajstić information content (AvgIpc) is 3.28. The van der Waals surface area contributed by atoms with E-state index in [-0.39, 0.29) is 12.0 Å². The van der Waals surface area contributed by atoms with Crippen molar-refractivity contribution in [3.63, 3.8) is 0 Å². The molecule has 1 saturated heterocycles. The van der Waals surface area contributed by atoms with Crippen molar-refractivity contribution in [1.29, 1.82) is 0 Å². The maximum Gasteiger partial charge on any atom is 0.306 e. The van der Waals surface area contributed by atoms with Gasteiger partial charge in [0.15, 0.2) is 0 Å². The maximum absolute atomic E-state index is 11.3. The number of ether oxygens (including phenoxy) is 1. The van der Waals surface area contributed by atoms with Crippen LogP contribution < -0.4 is 4.74 Å². The Morgan fingerprint density at radius 3 is 2.55 bits per heavy atom. The highest BCUT2D eigenvalue weighted by Crippen LogP contribution is 2.34. The van der Waals surface area contributed by atoms with E-state index in [9.17, 15) is 9.90 Å². The highest BCUT2D eigenvalue weighted by Gasteiger charge is 2.31. The molecule has 0 saturated carbocycles. The summed E-state index contributed by atoms with van der Waals surface area (Å²) in [5.41, 5.74) is 2.20. The topological polar surface area (TPSA) is 62.9 Å². The number of carboxylic acids is 1. The van der Waals surface area contributed by atoms with E-state index < -0.39 is 5.97 Å². The second-order valence-corrected chi connectivity index (χ2v) is 7.41. The van der Waals surface area contributed by atoms with E-state index in [2.05, 4.69) is 17.0 Å². The van der Waals surface area contributed by atoms with Gasteiger partial charge in [-0.3, -0.25) is 9.69 Å². The van der Waals surface area contributed by atoms with E-state index in [1.165, 1.54) is 0 Å². The van der Waals surface area contributed by atoms with E-state index in [0.717, 1.165) is 35.7 Å². The van der Waals surface area contributed by atoms with Crippen LogP contribution in [0.4, 0.5) is 0 Å². The lowest BCUT2D eigenvalue weighted by Crippen LogP contribution is -2.39. The van der Waals surface area contributed by atoms with Gasteiger partial charge in [-0.15, -0.1) is 0 Å². The molecule has 29 heavy (non-hydrogen) atoms. The van der Waals surface area contributed by atoms with Crippen LogP contribution in [0.25, 0.3) is 0 Å². The van der Waals surface area contributed by atoms with Gasteiger partial charge in [-0.05, 0) is 61.3 Å². The van der Waals surface area contributed by atoms with Gasteiger partial charge in [0.2, 0.25) is 0 Å². The van der Waals surface area contributed by atoms with Gasteiger partial charge in [-0.25, -0.2) is 0 Å². The Morgan fingerprint density at radius 2 is 1.86 bits per heavy atom. The molecule has 5 nitrogen and oxygen atoms in total. The number of nitrogens with zero attached hydrogens (tertiary/aromatic N) is 1. The summed E-state index contributed by atoms with van der Waals surface area (Å²) in [6.07, 6.45) is 2.98. The Balaban J connectivity index is 1.53. The smallest absolute Gasteiger partial charge is 0.306 e. The lowest BCUT2D eigenvalue weighted by molar-refractivity contribution is -0.143. The first-order chi connectivity index (χ1) is 14.2. The average molecular weight is 391 g/mol. The normalized spacial score (nSPS) is 16.4. The van der Waals surface area contributed by atoms with Crippen molar-refractivity contribution in [2.24, 2.45) is 5.92 Å². The molecular formula is C24H25NO4. The fourth-order valence-electron chi connectivity index (χ4n) is 3.92. The summed E-state index contributed by atoms with van der Waals surface area (Å²) in [6, 6.07) is 22.0. The third-order valence-corrected chi connectivity index (χ3v) is 5.48. The minimum absolute atomic E-state index is 0.0555. The molecule has 1 N–H and O–H groups in total. The highest BCUT2D eigenvalue weighted by molar-refractivity contribution is 5.70. The SMILES string of the molecule is O=C(O)C1CCN(C(c2cccc(OCc3ccccc3)c2)c2ccco2)CC1. The molecule has 150 valence electrons. The molecule has 2 aromatic carbocycles. The molecule has 5 heteroatoms. The molecule has 0 spiro atoms. The summed E-state index contributed by atoms with van der Waals surface area (Å²) in [7, 11) is 0. The van der Waals surface area contributed by atoms with Gasteiger partial charge in [0.05, 0.1) is 18.2 Å². The van der Waals surface area contributed by atoms with Gasteiger partial charge >= 0.3 is 5.97 Å². The molecule has 1 aliphatic rings. The van der Waals surface area contributed by atoms with Gasteiger partial charge in [-0.2, -0.15) is 0 Å². The first-order valence-corrected chi connectivity index (χ1v) is 9.97. The molecular weight excluding hydrogens is 366 g/mol. The number of benzene rings is 2. The van der Waals surface area contributed by atoms with Crippen LogP contribution >= 0.6 is 0 Å². The van der Waals surface area contributed by atoms with Crippen molar-refractivity contribution in [3.05, 3.63) is 89.9 Å². The van der Waals surface area contributed by atoms with E-state index in [4.69, 9.17) is 9.15 Å². The molecule has 1 aliphatic heterocycles. The van der Waals surface area contributed by atoms with Crippen molar-refractivity contribution in [2.75, 3.05) is 13.1 Å². The fraction of sp³-hybridized carbons (Fsp3) is 0.292. The minimum atomic E-state index is -0.699. The number of hydrogen-bond donors (Lipinski definition) is 1. The third-order valence-electron chi connectivity index (χ3n) is 5.48. The van der Waals surface area contributed by atoms with Gasteiger partial charge in [0.1, 0.15) is 18.1 Å². The number of piperidine rings is 1. The standard InChI is InChI=1S/C24H25NO4/c26-24(27)19-11-13-25(14-12-19)23(22-10-5-15-28-22)20-8-4-9-21(16-20)29-17-18-6-2-1-3-7-18/h1-10,15-16,19,23H,11-14,17H2,(H,26,27). The Morgan fingerprint density at radius 1 is 1.07 bits per heavy atom. The molecule has 0 bridgehead atoms. The van der Waals surface area contributed by atoms with Gasteiger partial charge in [-0.1, -0.05) is 42.5 Å². The van der Waals surface area contributed by atoms with E-state index in [1.807, 2.05) is 54.6 Å². The molecule has 1 fully saturated rings. The van der Waals surface area contributed by atoms with Crippen molar-refractivity contribution < 1.29 is 19.1 Å². The van der Waals surface area contributed by atoms with Crippen LogP contribution in [-0.2, 0) is 11.4 Å². The molecule has 3 aromatic rings. The predicted molar refractivity (Wildman–Crippen MR) is 110 cm³/mol. The largest absolute Gasteiger partial charge is 0.489 e. The number of carboxylic acid groups (broad SMARTS) is 1. The Kier molecular flexibility index (Phi) is 5.96. The number of rotatable bonds is 7. The Bertz CT molecular complexity index is 915. The van der Waals surface area contributed by atoms with Gasteiger partial charge < -0.3 is 14.3 Å². The lowest BCUT2D eigenvalue weighted by atomic mass is 9.93. The first-order valence-electron chi connectivity index (χ1n) is 9.97. The monoisotopic (exact) mass is 391 g/mol. The number of aliphatic carboxylic acids is 1. The fourth-order valence-corrected chi connectivity index (χ4v) is 3.92. The number of likely N-dealkylation sites (tertiary alicyclic amines) is 1. The highest BCUT2D eigenvalue weighted by atomic mass is 16.5. The molecule has 1 unspecified atom stereocenters. The quantitative estimate of drug-likeness (QED) is 0.630. The molecule has 0 amide bonds. The Labute approximate surface area is 170 Å².